The van der Waals surface area contributed by atoms with Crippen LogP contribution in [0.1, 0.15) is 37.5 Å². The second-order valence-corrected chi connectivity index (χ2v) is 9.39. The minimum atomic E-state index is 0.0865. The molecular formula is C31H27NO. The quantitative estimate of drug-likeness (QED) is 0.267. The molecule has 0 N–H and O–H groups in total. The number of hydrogen-bond donors (Lipinski definition) is 0. The summed E-state index contributed by atoms with van der Waals surface area (Å²) in [6.45, 7) is 6.62. The Kier molecular flexibility index (Phi) is 5.43. The van der Waals surface area contributed by atoms with Crippen LogP contribution in [0.15, 0.2) is 101 Å². The predicted octanol–water partition coefficient (Wildman–Crippen LogP) is 8.63. The first-order chi connectivity index (χ1) is 16.0. The normalized spacial score (nSPS) is 12.0. The number of nitrogens with zero attached hydrogens (tertiary/aromatic N) is 1. The first kappa shape index (κ1) is 21.0. The van der Waals surface area contributed by atoms with Crippen LogP contribution in [0.25, 0.3) is 45.8 Å². The molecule has 5 aromatic rings. The fraction of sp³-hybridized carbons (Fsp3) is 0.129. The van der Waals surface area contributed by atoms with Gasteiger partial charge in [-0.25, -0.2) is 4.98 Å². The third-order valence-electron chi connectivity index (χ3n) is 5.90. The summed E-state index contributed by atoms with van der Waals surface area (Å²) in [5, 5.41) is 0. The lowest BCUT2D eigenvalue weighted by molar-refractivity contribution is 0.590. The number of aromatic nitrogens is 1. The number of rotatable bonds is 4. The molecule has 1 aromatic heterocycles. The molecule has 2 nitrogen and oxygen atoms in total. The smallest absolute Gasteiger partial charge is 0.227 e. The van der Waals surface area contributed by atoms with Gasteiger partial charge in [0.2, 0.25) is 5.89 Å². The van der Waals surface area contributed by atoms with Gasteiger partial charge in [0.25, 0.3) is 0 Å². The van der Waals surface area contributed by atoms with E-state index in [1.54, 1.807) is 0 Å². The molecule has 0 unspecified atom stereocenters. The van der Waals surface area contributed by atoms with Crippen molar-refractivity contribution in [2.75, 3.05) is 0 Å². The van der Waals surface area contributed by atoms with Crippen LogP contribution in [0.4, 0.5) is 0 Å². The lowest BCUT2D eigenvalue weighted by Gasteiger charge is -2.18. The van der Waals surface area contributed by atoms with Crippen molar-refractivity contribution < 1.29 is 4.42 Å². The first-order valence-corrected chi connectivity index (χ1v) is 11.3. The Balaban J connectivity index is 1.32. The van der Waals surface area contributed by atoms with Crippen LogP contribution in [-0.2, 0) is 5.41 Å². The van der Waals surface area contributed by atoms with Crippen LogP contribution < -0.4 is 0 Å². The molecule has 0 fully saturated rings. The minimum Gasteiger partial charge on any atom is -0.436 e. The third kappa shape index (κ3) is 4.65. The lowest BCUT2D eigenvalue weighted by Crippen LogP contribution is -2.10. The van der Waals surface area contributed by atoms with Crippen molar-refractivity contribution in [3.63, 3.8) is 0 Å². The van der Waals surface area contributed by atoms with E-state index in [4.69, 9.17) is 9.40 Å². The zero-order valence-corrected chi connectivity index (χ0v) is 19.2. The van der Waals surface area contributed by atoms with Crippen LogP contribution in [0.3, 0.4) is 0 Å². The Morgan fingerprint density at radius 3 is 1.82 bits per heavy atom. The Morgan fingerprint density at radius 1 is 0.636 bits per heavy atom. The molecule has 4 aromatic carbocycles. The summed E-state index contributed by atoms with van der Waals surface area (Å²) < 4.78 is 6.01. The van der Waals surface area contributed by atoms with Gasteiger partial charge in [-0.2, -0.15) is 0 Å². The van der Waals surface area contributed by atoms with Crippen molar-refractivity contribution in [3.05, 3.63) is 114 Å². The molecule has 33 heavy (non-hydrogen) atoms. The van der Waals surface area contributed by atoms with E-state index in [9.17, 15) is 0 Å². The Hall–Kier alpha value is -3.91. The maximum atomic E-state index is 6.01. The molecular weight excluding hydrogens is 402 g/mol. The number of benzene rings is 4. The number of oxazole rings is 1. The summed E-state index contributed by atoms with van der Waals surface area (Å²) in [5.41, 5.74) is 8.82. The molecule has 0 atom stereocenters. The van der Waals surface area contributed by atoms with Crippen molar-refractivity contribution >= 4 is 23.3 Å². The SMILES string of the molecule is CC(C)(C)c1ccc2oc(-c3ccc(C=Cc4ccc(-c5ccccc5)cc4)cc3)nc2c1. The Morgan fingerprint density at radius 2 is 1.21 bits per heavy atom. The fourth-order valence-electron chi connectivity index (χ4n) is 3.86. The highest BCUT2D eigenvalue weighted by Gasteiger charge is 2.16. The van der Waals surface area contributed by atoms with E-state index >= 15 is 0 Å². The standard InChI is InChI=1S/C31H27NO/c1-31(2,3)27-19-20-29-28(21-27)32-30(33-29)26-17-13-23(14-18-26)10-9-22-11-15-25(16-12-22)24-7-5-4-6-8-24/h4-21H,1-3H3. The molecule has 0 saturated carbocycles. The van der Waals surface area contributed by atoms with E-state index in [1.165, 1.54) is 22.3 Å². The van der Waals surface area contributed by atoms with Crippen LogP contribution in [0.5, 0.6) is 0 Å². The maximum absolute atomic E-state index is 6.01. The molecule has 0 spiro atoms. The van der Waals surface area contributed by atoms with Gasteiger partial charge in [0, 0.05) is 5.56 Å². The highest BCUT2D eigenvalue weighted by Crippen LogP contribution is 2.29. The molecule has 2 heteroatoms. The van der Waals surface area contributed by atoms with Crippen molar-refractivity contribution in [2.45, 2.75) is 26.2 Å². The van der Waals surface area contributed by atoms with Gasteiger partial charge in [-0.05, 0) is 57.5 Å². The fourth-order valence-corrected chi connectivity index (χ4v) is 3.86. The van der Waals surface area contributed by atoms with Crippen LogP contribution in [0.2, 0.25) is 0 Å². The Bertz CT molecular complexity index is 1400. The van der Waals surface area contributed by atoms with E-state index in [0.29, 0.717) is 5.89 Å². The molecule has 0 saturated heterocycles. The molecule has 0 bridgehead atoms. The largest absolute Gasteiger partial charge is 0.436 e. The summed E-state index contributed by atoms with van der Waals surface area (Å²) in [4.78, 5) is 4.73. The zero-order valence-electron chi connectivity index (χ0n) is 19.2. The molecule has 5 rings (SSSR count). The molecule has 0 amide bonds. The summed E-state index contributed by atoms with van der Waals surface area (Å²) in [6, 6.07) is 33.7. The summed E-state index contributed by atoms with van der Waals surface area (Å²) in [5.74, 6) is 0.656. The van der Waals surface area contributed by atoms with E-state index < -0.39 is 0 Å². The average Bonchev–Trinajstić information content (AvgIpc) is 3.27. The highest BCUT2D eigenvalue weighted by atomic mass is 16.3. The van der Waals surface area contributed by atoms with Crippen molar-refractivity contribution in [2.24, 2.45) is 0 Å². The van der Waals surface area contributed by atoms with E-state index in [0.717, 1.165) is 22.2 Å². The van der Waals surface area contributed by atoms with E-state index in [1.807, 2.05) is 12.1 Å². The zero-order chi connectivity index (χ0) is 22.8. The summed E-state index contributed by atoms with van der Waals surface area (Å²) in [7, 11) is 0. The first-order valence-electron chi connectivity index (χ1n) is 11.3. The van der Waals surface area contributed by atoms with E-state index in [-0.39, 0.29) is 5.41 Å². The maximum Gasteiger partial charge on any atom is 0.227 e. The summed E-state index contributed by atoms with van der Waals surface area (Å²) >= 11 is 0. The highest BCUT2D eigenvalue weighted by molar-refractivity contribution is 5.78. The van der Waals surface area contributed by atoms with Crippen molar-refractivity contribution in [3.8, 4) is 22.6 Å². The molecule has 0 aliphatic heterocycles. The molecule has 0 aliphatic rings. The molecule has 1 heterocycles. The van der Waals surface area contributed by atoms with Gasteiger partial charge >= 0.3 is 0 Å². The van der Waals surface area contributed by atoms with Gasteiger partial charge < -0.3 is 4.42 Å². The minimum absolute atomic E-state index is 0.0865. The van der Waals surface area contributed by atoms with Crippen molar-refractivity contribution in [1.82, 2.24) is 4.98 Å². The van der Waals surface area contributed by atoms with Crippen LogP contribution >= 0.6 is 0 Å². The number of hydrogen-bond acceptors (Lipinski definition) is 2. The van der Waals surface area contributed by atoms with Crippen molar-refractivity contribution in [1.29, 1.82) is 0 Å². The van der Waals surface area contributed by atoms with Gasteiger partial charge in [0.15, 0.2) is 5.58 Å². The second-order valence-electron chi connectivity index (χ2n) is 9.39. The Labute approximate surface area is 195 Å². The van der Waals surface area contributed by atoms with Gasteiger partial charge in [-0.1, -0.05) is 106 Å². The molecule has 162 valence electrons. The van der Waals surface area contributed by atoms with E-state index in [2.05, 4.69) is 118 Å². The van der Waals surface area contributed by atoms with Gasteiger partial charge in [0.05, 0.1) is 0 Å². The van der Waals surface area contributed by atoms with Crippen LogP contribution in [0, 0.1) is 0 Å². The van der Waals surface area contributed by atoms with Gasteiger partial charge in [-0.15, -0.1) is 0 Å². The summed E-state index contributed by atoms with van der Waals surface area (Å²) in [6.07, 6.45) is 4.26. The number of fused-ring (bicyclic) bond motifs is 1. The van der Waals surface area contributed by atoms with Crippen LogP contribution in [-0.4, -0.2) is 4.98 Å². The predicted molar refractivity (Wildman–Crippen MR) is 139 cm³/mol. The second kappa shape index (κ2) is 8.55. The topological polar surface area (TPSA) is 26.0 Å². The lowest BCUT2D eigenvalue weighted by atomic mass is 9.87. The molecule has 0 aliphatic carbocycles. The van der Waals surface area contributed by atoms with Gasteiger partial charge in [0.1, 0.15) is 5.52 Å². The average molecular weight is 430 g/mol. The third-order valence-corrected chi connectivity index (χ3v) is 5.90. The monoisotopic (exact) mass is 429 g/mol. The van der Waals surface area contributed by atoms with Gasteiger partial charge in [-0.3, -0.25) is 0 Å². The molecule has 0 radical (unpaired) electrons.